The number of hydrogen-bond acceptors (Lipinski definition) is 4. The average molecular weight is 309 g/mol. The molecule has 21 heavy (non-hydrogen) atoms. The molecule has 2 rings (SSSR count). The van der Waals surface area contributed by atoms with Crippen molar-refractivity contribution in [1.82, 2.24) is 4.90 Å². The number of morpholine rings is 1. The molecule has 1 heterocycles. The Bertz CT molecular complexity index is 463. The van der Waals surface area contributed by atoms with E-state index in [1.165, 1.54) is 0 Å². The largest absolute Gasteiger partial charge is 0.494 e. The molecule has 1 aromatic rings. The molecule has 1 amide bonds. The lowest BCUT2D eigenvalue weighted by atomic mass is 10.2. The van der Waals surface area contributed by atoms with Gasteiger partial charge in [0.2, 0.25) is 5.91 Å². The van der Waals surface area contributed by atoms with Gasteiger partial charge in [0.15, 0.2) is 0 Å². The van der Waals surface area contributed by atoms with E-state index in [-0.39, 0.29) is 18.1 Å². The summed E-state index contributed by atoms with van der Waals surface area (Å²) < 4.78 is 11.0. The van der Waals surface area contributed by atoms with Gasteiger partial charge >= 0.3 is 0 Å². The second kappa shape index (κ2) is 7.71. The van der Waals surface area contributed by atoms with E-state index in [0.717, 1.165) is 10.6 Å². The maximum Gasteiger partial charge on any atom is 0.233 e. The number of amides is 1. The van der Waals surface area contributed by atoms with Crippen LogP contribution in [-0.2, 0) is 9.53 Å². The molecular weight excluding hydrogens is 286 g/mol. The molecule has 0 spiro atoms. The van der Waals surface area contributed by atoms with Crippen LogP contribution in [-0.4, -0.2) is 48.5 Å². The molecule has 5 heteroatoms. The smallest absolute Gasteiger partial charge is 0.233 e. The van der Waals surface area contributed by atoms with Crippen LogP contribution in [0.2, 0.25) is 0 Å². The van der Waals surface area contributed by atoms with E-state index in [1.54, 1.807) is 11.8 Å². The SMILES string of the molecule is CCOc1ccc(SCC(=O)N2CC(C)OCC2C)cc1. The van der Waals surface area contributed by atoms with E-state index in [9.17, 15) is 4.79 Å². The van der Waals surface area contributed by atoms with Gasteiger partial charge in [0, 0.05) is 11.4 Å². The van der Waals surface area contributed by atoms with Gasteiger partial charge in [0.05, 0.1) is 31.1 Å². The minimum Gasteiger partial charge on any atom is -0.494 e. The van der Waals surface area contributed by atoms with Crippen LogP contribution >= 0.6 is 11.8 Å². The van der Waals surface area contributed by atoms with Crippen LogP contribution in [0.3, 0.4) is 0 Å². The lowest BCUT2D eigenvalue weighted by Crippen LogP contribution is -2.50. The van der Waals surface area contributed by atoms with Gasteiger partial charge in [-0.25, -0.2) is 0 Å². The summed E-state index contributed by atoms with van der Waals surface area (Å²) in [6.45, 7) is 7.98. The first kappa shape index (κ1) is 16.2. The molecule has 0 bridgehead atoms. The van der Waals surface area contributed by atoms with E-state index in [2.05, 4.69) is 0 Å². The molecule has 0 saturated carbocycles. The van der Waals surface area contributed by atoms with E-state index < -0.39 is 0 Å². The summed E-state index contributed by atoms with van der Waals surface area (Å²) in [4.78, 5) is 15.3. The fourth-order valence-corrected chi connectivity index (χ4v) is 3.06. The van der Waals surface area contributed by atoms with Crippen LogP contribution in [0.25, 0.3) is 0 Å². The minimum atomic E-state index is 0.126. The lowest BCUT2D eigenvalue weighted by molar-refractivity contribution is -0.140. The van der Waals surface area contributed by atoms with Crippen molar-refractivity contribution in [3.63, 3.8) is 0 Å². The number of hydrogen-bond donors (Lipinski definition) is 0. The van der Waals surface area contributed by atoms with Crippen LogP contribution in [0.1, 0.15) is 20.8 Å². The summed E-state index contributed by atoms with van der Waals surface area (Å²) in [6.07, 6.45) is 0.126. The summed E-state index contributed by atoms with van der Waals surface area (Å²) in [6, 6.07) is 8.03. The topological polar surface area (TPSA) is 38.8 Å². The van der Waals surface area contributed by atoms with E-state index in [1.807, 2.05) is 49.9 Å². The van der Waals surface area contributed by atoms with Crippen LogP contribution in [0, 0.1) is 0 Å². The summed E-state index contributed by atoms with van der Waals surface area (Å²) in [7, 11) is 0. The average Bonchev–Trinajstić information content (AvgIpc) is 2.49. The van der Waals surface area contributed by atoms with Crippen molar-refractivity contribution in [2.75, 3.05) is 25.5 Å². The van der Waals surface area contributed by atoms with Gasteiger partial charge in [-0.1, -0.05) is 0 Å². The van der Waals surface area contributed by atoms with Crippen molar-refractivity contribution in [2.45, 2.75) is 37.8 Å². The third-order valence-electron chi connectivity index (χ3n) is 3.43. The Labute approximate surface area is 130 Å². The highest BCUT2D eigenvalue weighted by molar-refractivity contribution is 8.00. The first-order valence-electron chi connectivity index (χ1n) is 7.37. The van der Waals surface area contributed by atoms with Gasteiger partial charge in [-0.05, 0) is 45.0 Å². The summed E-state index contributed by atoms with van der Waals surface area (Å²) >= 11 is 1.56. The Hall–Kier alpha value is -1.20. The third-order valence-corrected chi connectivity index (χ3v) is 4.42. The quantitative estimate of drug-likeness (QED) is 0.784. The fraction of sp³-hybridized carbons (Fsp3) is 0.562. The lowest BCUT2D eigenvalue weighted by Gasteiger charge is -2.36. The van der Waals surface area contributed by atoms with E-state index in [0.29, 0.717) is 25.5 Å². The molecule has 1 aromatic carbocycles. The molecule has 1 aliphatic heterocycles. The number of nitrogens with zero attached hydrogens (tertiary/aromatic N) is 1. The maximum absolute atomic E-state index is 12.3. The first-order valence-corrected chi connectivity index (χ1v) is 8.35. The number of ether oxygens (including phenoxy) is 2. The zero-order valence-electron chi connectivity index (χ0n) is 12.9. The monoisotopic (exact) mass is 309 g/mol. The normalized spacial score (nSPS) is 22.1. The Kier molecular flexibility index (Phi) is 5.94. The molecule has 1 fully saturated rings. The van der Waals surface area contributed by atoms with Crippen LogP contribution in [0.15, 0.2) is 29.2 Å². The maximum atomic E-state index is 12.3. The summed E-state index contributed by atoms with van der Waals surface area (Å²) in [5.74, 6) is 1.51. The van der Waals surface area contributed by atoms with Crippen molar-refractivity contribution < 1.29 is 14.3 Å². The van der Waals surface area contributed by atoms with E-state index in [4.69, 9.17) is 9.47 Å². The number of rotatable bonds is 5. The van der Waals surface area contributed by atoms with Crippen molar-refractivity contribution in [1.29, 1.82) is 0 Å². The Morgan fingerprint density at radius 2 is 2.10 bits per heavy atom. The van der Waals surface area contributed by atoms with Crippen molar-refractivity contribution in [2.24, 2.45) is 0 Å². The number of carbonyl (C=O) groups excluding carboxylic acids is 1. The van der Waals surface area contributed by atoms with Gasteiger partial charge < -0.3 is 14.4 Å². The molecule has 2 unspecified atom stereocenters. The van der Waals surface area contributed by atoms with E-state index >= 15 is 0 Å². The van der Waals surface area contributed by atoms with Crippen molar-refractivity contribution >= 4 is 17.7 Å². The number of carbonyl (C=O) groups is 1. The molecule has 116 valence electrons. The molecule has 0 N–H and O–H groups in total. The highest BCUT2D eigenvalue weighted by Gasteiger charge is 2.27. The van der Waals surface area contributed by atoms with Crippen molar-refractivity contribution in [3.8, 4) is 5.75 Å². The van der Waals surface area contributed by atoms with Crippen LogP contribution in [0.4, 0.5) is 0 Å². The summed E-state index contributed by atoms with van der Waals surface area (Å²) in [5, 5.41) is 0. The highest BCUT2D eigenvalue weighted by Crippen LogP contribution is 2.22. The van der Waals surface area contributed by atoms with Gasteiger partial charge in [-0.3, -0.25) is 4.79 Å². The predicted molar refractivity (Wildman–Crippen MR) is 84.9 cm³/mol. The molecular formula is C16H23NO3S. The molecule has 4 nitrogen and oxygen atoms in total. The predicted octanol–water partition coefficient (Wildman–Crippen LogP) is 2.81. The van der Waals surface area contributed by atoms with Gasteiger partial charge in [-0.2, -0.15) is 0 Å². The van der Waals surface area contributed by atoms with Gasteiger partial charge in [0.25, 0.3) is 0 Å². The van der Waals surface area contributed by atoms with Crippen LogP contribution < -0.4 is 4.74 Å². The van der Waals surface area contributed by atoms with Crippen molar-refractivity contribution in [3.05, 3.63) is 24.3 Å². The minimum absolute atomic E-state index is 0.126. The molecule has 0 radical (unpaired) electrons. The van der Waals surface area contributed by atoms with Gasteiger partial charge in [-0.15, -0.1) is 11.8 Å². The van der Waals surface area contributed by atoms with Crippen LogP contribution in [0.5, 0.6) is 5.75 Å². The third kappa shape index (κ3) is 4.64. The first-order chi connectivity index (χ1) is 10.1. The zero-order chi connectivity index (χ0) is 15.2. The van der Waals surface area contributed by atoms with Gasteiger partial charge in [0.1, 0.15) is 5.75 Å². The molecule has 0 aromatic heterocycles. The zero-order valence-corrected chi connectivity index (χ0v) is 13.7. The molecule has 1 saturated heterocycles. The summed E-state index contributed by atoms with van der Waals surface area (Å²) in [5.41, 5.74) is 0. The number of thioether (sulfide) groups is 1. The molecule has 2 atom stereocenters. The molecule has 1 aliphatic rings. The number of benzene rings is 1. The standard InChI is InChI=1S/C16H23NO3S/c1-4-19-14-5-7-15(8-6-14)21-11-16(18)17-9-13(3)20-10-12(17)2/h5-8,12-13H,4,9-11H2,1-3H3. The Balaban J connectivity index is 1.85. The second-order valence-electron chi connectivity index (χ2n) is 5.23. The second-order valence-corrected chi connectivity index (χ2v) is 6.28. The Morgan fingerprint density at radius 1 is 1.38 bits per heavy atom. The fourth-order valence-electron chi connectivity index (χ4n) is 2.28. The Morgan fingerprint density at radius 3 is 2.76 bits per heavy atom. The highest BCUT2D eigenvalue weighted by atomic mass is 32.2. The molecule has 0 aliphatic carbocycles.